The van der Waals surface area contributed by atoms with Crippen LogP contribution in [0.4, 0.5) is 11.4 Å². The lowest BCUT2D eigenvalue weighted by Crippen LogP contribution is -2.20. The number of sulfonamides is 1. The average Bonchev–Trinajstić information content (AvgIpc) is 2.70. The van der Waals surface area contributed by atoms with Crippen molar-refractivity contribution in [2.24, 2.45) is 5.73 Å². The molecule has 0 atom stereocenters. The lowest BCUT2D eigenvalue weighted by molar-refractivity contribution is 0.102. The van der Waals surface area contributed by atoms with E-state index in [4.69, 9.17) is 5.73 Å². The Morgan fingerprint density at radius 1 is 0.931 bits per heavy atom. The zero-order valence-corrected chi connectivity index (χ0v) is 19.0. The van der Waals surface area contributed by atoms with Crippen LogP contribution in [0.2, 0.25) is 0 Å². The molecule has 3 rings (SSSR count). The fourth-order valence-electron chi connectivity index (χ4n) is 2.66. The molecular weight excluding hydrogens is 522 g/mol. The molecule has 29 heavy (non-hydrogen) atoms. The molecule has 0 aliphatic heterocycles. The summed E-state index contributed by atoms with van der Waals surface area (Å²) in [6.45, 7) is 0.0777. The molecule has 3 aromatic carbocycles. The SMILES string of the molecule is NCc1ccccc1S(=O)(=O)Nc1ccc(Br)cc1C(=O)Nc1ccc(Br)cc1. The van der Waals surface area contributed by atoms with Crippen LogP contribution < -0.4 is 15.8 Å². The smallest absolute Gasteiger partial charge is 0.262 e. The summed E-state index contributed by atoms with van der Waals surface area (Å²) in [5.41, 5.74) is 7.08. The van der Waals surface area contributed by atoms with Crippen LogP contribution >= 0.6 is 31.9 Å². The van der Waals surface area contributed by atoms with Crippen molar-refractivity contribution >= 4 is 59.2 Å². The second kappa shape index (κ2) is 9.08. The number of anilines is 2. The van der Waals surface area contributed by atoms with E-state index in [1.807, 2.05) is 0 Å². The van der Waals surface area contributed by atoms with Gasteiger partial charge >= 0.3 is 0 Å². The molecule has 0 radical (unpaired) electrons. The van der Waals surface area contributed by atoms with Crippen molar-refractivity contribution in [2.45, 2.75) is 11.4 Å². The lowest BCUT2D eigenvalue weighted by Gasteiger charge is -2.15. The number of carbonyl (C=O) groups excluding carboxylic acids is 1. The van der Waals surface area contributed by atoms with E-state index in [-0.39, 0.29) is 22.7 Å². The Balaban J connectivity index is 1.94. The molecule has 0 saturated heterocycles. The van der Waals surface area contributed by atoms with Crippen LogP contribution in [0.1, 0.15) is 15.9 Å². The molecule has 0 saturated carbocycles. The summed E-state index contributed by atoms with van der Waals surface area (Å²) >= 11 is 6.67. The number of hydrogen-bond donors (Lipinski definition) is 3. The molecule has 0 unspecified atom stereocenters. The molecule has 4 N–H and O–H groups in total. The summed E-state index contributed by atoms with van der Waals surface area (Å²) in [6.07, 6.45) is 0. The molecule has 0 aliphatic rings. The topological polar surface area (TPSA) is 101 Å². The van der Waals surface area contributed by atoms with Gasteiger partial charge in [-0.15, -0.1) is 0 Å². The van der Waals surface area contributed by atoms with Crippen molar-refractivity contribution in [1.29, 1.82) is 0 Å². The van der Waals surface area contributed by atoms with E-state index in [1.54, 1.807) is 54.6 Å². The van der Waals surface area contributed by atoms with Gasteiger partial charge in [-0.1, -0.05) is 50.1 Å². The molecule has 0 bridgehead atoms. The van der Waals surface area contributed by atoms with E-state index in [9.17, 15) is 13.2 Å². The average molecular weight is 539 g/mol. The fourth-order valence-corrected chi connectivity index (χ4v) is 4.62. The maximum absolute atomic E-state index is 12.9. The van der Waals surface area contributed by atoms with Crippen LogP contribution in [0.25, 0.3) is 0 Å². The minimum absolute atomic E-state index is 0.0738. The standard InChI is InChI=1S/C20H17Br2N3O3S/c21-14-5-8-16(9-6-14)24-20(26)17-11-15(22)7-10-18(17)25-29(27,28)19-4-2-1-3-13(19)12-23/h1-11,25H,12,23H2,(H,24,26). The van der Waals surface area contributed by atoms with Gasteiger partial charge < -0.3 is 11.1 Å². The molecule has 0 spiro atoms. The predicted octanol–water partition coefficient (Wildman–Crippen LogP) is 4.72. The number of carbonyl (C=O) groups is 1. The Labute approximate surface area is 185 Å². The number of nitrogens with two attached hydrogens (primary N) is 1. The van der Waals surface area contributed by atoms with Crippen LogP contribution in [0.3, 0.4) is 0 Å². The van der Waals surface area contributed by atoms with Crippen LogP contribution in [0.15, 0.2) is 80.6 Å². The molecule has 150 valence electrons. The normalized spacial score (nSPS) is 11.1. The van der Waals surface area contributed by atoms with Gasteiger partial charge in [-0.05, 0) is 54.1 Å². The third kappa shape index (κ3) is 5.24. The zero-order chi connectivity index (χ0) is 21.0. The van der Waals surface area contributed by atoms with Crippen molar-refractivity contribution in [3.8, 4) is 0 Å². The Kier molecular flexibility index (Phi) is 6.74. The minimum Gasteiger partial charge on any atom is -0.326 e. The number of rotatable bonds is 6. The zero-order valence-electron chi connectivity index (χ0n) is 15.0. The molecule has 3 aromatic rings. The summed E-state index contributed by atoms with van der Waals surface area (Å²) in [6, 6.07) is 18.3. The summed E-state index contributed by atoms with van der Waals surface area (Å²) in [5.74, 6) is -0.446. The summed E-state index contributed by atoms with van der Waals surface area (Å²) in [4.78, 5) is 12.9. The van der Waals surface area contributed by atoms with Crippen LogP contribution in [0, 0.1) is 0 Å². The first kappa shape index (κ1) is 21.5. The Bertz CT molecular complexity index is 1150. The van der Waals surface area contributed by atoms with Gasteiger partial charge in [0.2, 0.25) is 0 Å². The minimum atomic E-state index is -3.93. The highest BCUT2D eigenvalue weighted by atomic mass is 79.9. The van der Waals surface area contributed by atoms with Gasteiger partial charge in [0.15, 0.2) is 0 Å². The highest BCUT2D eigenvalue weighted by Crippen LogP contribution is 2.26. The number of nitrogens with one attached hydrogen (secondary N) is 2. The van der Waals surface area contributed by atoms with Crippen molar-refractivity contribution < 1.29 is 13.2 Å². The van der Waals surface area contributed by atoms with Gasteiger partial charge in [-0.3, -0.25) is 9.52 Å². The monoisotopic (exact) mass is 537 g/mol. The molecule has 6 nitrogen and oxygen atoms in total. The molecule has 9 heteroatoms. The van der Waals surface area contributed by atoms with Crippen LogP contribution in [-0.2, 0) is 16.6 Å². The molecule has 1 amide bonds. The first-order valence-corrected chi connectivity index (χ1v) is 11.5. The predicted molar refractivity (Wildman–Crippen MR) is 121 cm³/mol. The number of amides is 1. The maximum atomic E-state index is 12.9. The summed E-state index contributed by atoms with van der Waals surface area (Å²) in [5, 5.41) is 2.77. The van der Waals surface area contributed by atoms with Crippen LogP contribution in [-0.4, -0.2) is 14.3 Å². The van der Waals surface area contributed by atoms with E-state index in [0.29, 0.717) is 15.7 Å². The van der Waals surface area contributed by atoms with Crippen molar-refractivity contribution in [3.63, 3.8) is 0 Å². The number of halogens is 2. The molecule has 0 aromatic heterocycles. The van der Waals surface area contributed by atoms with Gasteiger partial charge in [0, 0.05) is 21.2 Å². The fraction of sp³-hybridized carbons (Fsp3) is 0.0500. The van der Waals surface area contributed by atoms with E-state index in [0.717, 1.165) is 4.47 Å². The Hall–Kier alpha value is -2.20. The van der Waals surface area contributed by atoms with Crippen molar-refractivity contribution in [3.05, 3.63) is 86.8 Å². The van der Waals surface area contributed by atoms with Gasteiger partial charge in [0.1, 0.15) is 0 Å². The Morgan fingerprint density at radius 3 is 2.28 bits per heavy atom. The van der Waals surface area contributed by atoms with Gasteiger partial charge in [-0.2, -0.15) is 0 Å². The molecular formula is C20H17Br2N3O3S. The maximum Gasteiger partial charge on any atom is 0.262 e. The Morgan fingerprint density at radius 2 is 1.59 bits per heavy atom. The summed E-state index contributed by atoms with van der Waals surface area (Å²) < 4.78 is 29.9. The van der Waals surface area contributed by atoms with Gasteiger partial charge in [0.25, 0.3) is 15.9 Å². The van der Waals surface area contributed by atoms with E-state index < -0.39 is 15.9 Å². The van der Waals surface area contributed by atoms with Crippen LogP contribution in [0.5, 0.6) is 0 Å². The largest absolute Gasteiger partial charge is 0.326 e. The van der Waals surface area contributed by atoms with Gasteiger partial charge in [-0.25, -0.2) is 8.42 Å². The number of hydrogen-bond acceptors (Lipinski definition) is 4. The molecule has 0 aliphatic carbocycles. The molecule has 0 heterocycles. The van der Waals surface area contributed by atoms with Gasteiger partial charge in [0.05, 0.1) is 16.1 Å². The quantitative estimate of drug-likeness (QED) is 0.422. The third-order valence-corrected chi connectivity index (χ3v) is 6.54. The highest BCUT2D eigenvalue weighted by molar-refractivity contribution is 9.10. The lowest BCUT2D eigenvalue weighted by atomic mass is 10.1. The summed E-state index contributed by atoms with van der Waals surface area (Å²) in [7, 11) is -3.93. The second-order valence-corrected chi connectivity index (χ2v) is 9.55. The third-order valence-electron chi connectivity index (χ3n) is 4.05. The second-order valence-electron chi connectivity index (χ2n) is 6.07. The van der Waals surface area contributed by atoms with Crippen molar-refractivity contribution in [2.75, 3.05) is 10.0 Å². The number of benzene rings is 3. The van der Waals surface area contributed by atoms with E-state index >= 15 is 0 Å². The molecule has 0 fully saturated rings. The van der Waals surface area contributed by atoms with E-state index in [1.165, 1.54) is 12.1 Å². The first-order chi connectivity index (χ1) is 13.8. The van der Waals surface area contributed by atoms with E-state index in [2.05, 4.69) is 41.9 Å². The van der Waals surface area contributed by atoms with Crippen molar-refractivity contribution in [1.82, 2.24) is 0 Å². The highest BCUT2D eigenvalue weighted by Gasteiger charge is 2.21. The first-order valence-electron chi connectivity index (χ1n) is 8.47.